The Hall–Kier alpha value is -1.90. The Kier molecular flexibility index (Phi) is 3.68. The fraction of sp³-hybridized carbons (Fsp3) is 0.118. The van der Waals surface area contributed by atoms with Crippen molar-refractivity contribution in [3.8, 4) is 11.1 Å². The van der Waals surface area contributed by atoms with E-state index in [0.29, 0.717) is 0 Å². The maximum atomic E-state index is 6.18. The normalized spacial score (nSPS) is 10.9. The van der Waals surface area contributed by atoms with Gasteiger partial charge >= 0.3 is 0 Å². The highest BCUT2D eigenvalue weighted by Gasteiger charge is 2.09. The van der Waals surface area contributed by atoms with Crippen LogP contribution in [-0.2, 0) is 6.54 Å². The number of benzene rings is 2. The highest BCUT2D eigenvalue weighted by molar-refractivity contribution is 6.31. The number of pyridine rings is 1. The van der Waals surface area contributed by atoms with E-state index in [9.17, 15) is 0 Å². The Bertz CT molecular complexity index is 748. The summed E-state index contributed by atoms with van der Waals surface area (Å²) in [7, 11) is 1.95. The van der Waals surface area contributed by atoms with Crippen molar-refractivity contribution in [2.75, 3.05) is 7.05 Å². The fourth-order valence-electron chi connectivity index (χ4n) is 2.48. The summed E-state index contributed by atoms with van der Waals surface area (Å²) >= 11 is 6.18. The zero-order valence-electron chi connectivity index (χ0n) is 11.2. The van der Waals surface area contributed by atoms with E-state index in [4.69, 9.17) is 11.6 Å². The van der Waals surface area contributed by atoms with E-state index in [-0.39, 0.29) is 0 Å². The Labute approximate surface area is 123 Å². The van der Waals surface area contributed by atoms with E-state index < -0.39 is 0 Å². The summed E-state index contributed by atoms with van der Waals surface area (Å²) in [4.78, 5) is 4.42. The molecule has 0 saturated carbocycles. The summed E-state index contributed by atoms with van der Waals surface area (Å²) < 4.78 is 0. The minimum atomic E-state index is 0.751. The van der Waals surface area contributed by atoms with Crippen LogP contribution < -0.4 is 5.32 Å². The molecule has 3 heteroatoms. The number of nitrogens with zero attached hydrogens (tertiary/aromatic N) is 1. The Balaban J connectivity index is 2.27. The third-order valence-corrected chi connectivity index (χ3v) is 3.61. The lowest BCUT2D eigenvalue weighted by Crippen LogP contribution is -2.06. The molecule has 0 aliphatic rings. The van der Waals surface area contributed by atoms with Crippen molar-refractivity contribution in [2.45, 2.75) is 6.54 Å². The van der Waals surface area contributed by atoms with Gasteiger partial charge in [-0.3, -0.25) is 4.98 Å². The highest BCUT2D eigenvalue weighted by Crippen LogP contribution is 2.32. The number of halogens is 1. The molecule has 0 aliphatic heterocycles. The van der Waals surface area contributed by atoms with Crippen molar-refractivity contribution in [3.63, 3.8) is 0 Å². The molecule has 2 aromatic carbocycles. The minimum absolute atomic E-state index is 0.751. The molecule has 0 spiro atoms. The molecule has 2 nitrogen and oxygen atoms in total. The van der Waals surface area contributed by atoms with Crippen molar-refractivity contribution >= 4 is 22.5 Å². The van der Waals surface area contributed by atoms with E-state index in [1.54, 1.807) is 0 Å². The first-order valence-corrected chi connectivity index (χ1v) is 6.94. The van der Waals surface area contributed by atoms with Crippen LogP contribution in [0.25, 0.3) is 22.0 Å². The van der Waals surface area contributed by atoms with Crippen molar-refractivity contribution in [2.24, 2.45) is 0 Å². The second-order valence-corrected chi connectivity index (χ2v) is 5.14. The first-order valence-electron chi connectivity index (χ1n) is 6.57. The predicted molar refractivity (Wildman–Crippen MR) is 85.0 cm³/mol. The van der Waals surface area contributed by atoms with Crippen LogP contribution in [0.3, 0.4) is 0 Å². The van der Waals surface area contributed by atoms with Crippen molar-refractivity contribution in [1.82, 2.24) is 10.3 Å². The van der Waals surface area contributed by atoms with Gasteiger partial charge in [-0.25, -0.2) is 0 Å². The van der Waals surface area contributed by atoms with Crippen LogP contribution in [0.15, 0.2) is 54.7 Å². The molecule has 3 aromatic rings. The monoisotopic (exact) mass is 282 g/mol. The van der Waals surface area contributed by atoms with Crippen molar-refractivity contribution in [3.05, 3.63) is 65.3 Å². The number of rotatable bonds is 3. The molecule has 100 valence electrons. The van der Waals surface area contributed by atoms with Crippen LogP contribution in [0.1, 0.15) is 5.56 Å². The molecular weight excluding hydrogens is 268 g/mol. The molecule has 0 atom stereocenters. The first-order chi connectivity index (χ1) is 9.79. The fourth-order valence-corrected chi connectivity index (χ4v) is 2.65. The van der Waals surface area contributed by atoms with Crippen molar-refractivity contribution in [1.29, 1.82) is 0 Å². The van der Waals surface area contributed by atoms with Crippen molar-refractivity contribution < 1.29 is 0 Å². The molecule has 0 aliphatic carbocycles. The van der Waals surface area contributed by atoms with Gasteiger partial charge in [0, 0.05) is 23.2 Å². The molecule has 1 aromatic heterocycles. The molecule has 0 amide bonds. The van der Waals surface area contributed by atoms with Gasteiger partial charge in [0.1, 0.15) is 0 Å². The molecular formula is C17H15ClN2. The quantitative estimate of drug-likeness (QED) is 0.776. The standard InChI is InChI=1S/C17H15ClN2/c1-19-11-12-7-8-13(18)10-16(12)14-4-2-6-17-15(14)5-3-9-20-17/h2-10,19H,11H2,1H3. The molecule has 0 radical (unpaired) electrons. The van der Waals surface area contributed by atoms with Gasteiger partial charge in [0.2, 0.25) is 0 Å². The Morgan fingerprint density at radius 3 is 2.80 bits per heavy atom. The Morgan fingerprint density at radius 1 is 1.05 bits per heavy atom. The summed E-state index contributed by atoms with van der Waals surface area (Å²) in [5.74, 6) is 0. The summed E-state index contributed by atoms with van der Waals surface area (Å²) in [5.41, 5.74) is 4.56. The van der Waals surface area contributed by atoms with Gasteiger partial charge in [0.25, 0.3) is 0 Å². The number of hydrogen-bond donors (Lipinski definition) is 1. The van der Waals surface area contributed by atoms with E-state index in [2.05, 4.69) is 28.5 Å². The van der Waals surface area contributed by atoms with Gasteiger partial charge in [-0.05, 0) is 48.0 Å². The number of hydrogen-bond acceptors (Lipinski definition) is 2. The SMILES string of the molecule is CNCc1ccc(Cl)cc1-c1cccc2ncccc12. The zero-order valence-corrected chi connectivity index (χ0v) is 12.0. The molecule has 0 saturated heterocycles. The largest absolute Gasteiger partial charge is 0.316 e. The first kappa shape index (κ1) is 13.1. The third kappa shape index (κ3) is 2.40. The van der Waals surface area contributed by atoms with Crippen LogP contribution in [0.4, 0.5) is 0 Å². The topological polar surface area (TPSA) is 24.9 Å². The predicted octanol–water partition coefficient (Wildman–Crippen LogP) is 4.27. The van der Waals surface area contributed by atoms with Crippen LogP contribution in [0.5, 0.6) is 0 Å². The summed E-state index contributed by atoms with van der Waals surface area (Å²) in [6.45, 7) is 0.809. The average Bonchev–Trinajstić information content (AvgIpc) is 2.49. The average molecular weight is 283 g/mol. The molecule has 1 heterocycles. The smallest absolute Gasteiger partial charge is 0.0708 e. The number of fused-ring (bicyclic) bond motifs is 1. The van der Waals surface area contributed by atoms with E-state index in [1.165, 1.54) is 11.1 Å². The van der Waals surface area contributed by atoms with Gasteiger partial charge in [-0.2, -0.15) is 0 Å². The van der Waals surface area contributed by atoms with Gasteiger partial charge in [0.05, 0.1) is 5.52 Å². The zero-order chi connectivity index (χ0) is 13.9. The van der Waals surface area contributed by atoms with Gasteiger partial charge in [-0.15, -0.1) is 0 Å². The lowest BCUT2D eigenvalue weighted by Gasteiger charge is -2.12. The van der Waals surface area contributed by atoms with Gasteiger partial charge in [0.15, 0.2) is 0 Å². The second kappa shape index (κ2) is 5.61. The van der Waals surface area contributed by atoms with Gasteiger partial charge in [-0.1, -0.05) is 35.9 Å². The summed E-state index contributed by atoms with van der Waals surface area (Å²) in [5, 5.41) is 5.10. The molecule has 0 fully saturated rings. The van der Waals surface area contributed by atoms with Crippen LogP contribution in [0, 0.1) is 0 Å². The third-order valence-electron chi connectivity index (χ3n) is 3.38. The van der Waals surface area contributed by atoms with E-state index in [0.717, 1.165) is 28.0 Å². The lowest BCUT2D eigenvalue weighted by atomic mass is 9.96. The number of aromatic nitrogens is 1. The minimum Gasteiger partial charge on any atom is -0.316 e. The molecule has 0 bridgehead atoms. The Morgan fingerprint density at radius 2 is 1.95 bits per heavy atom. The maximum Gasteiger partial charge on any atom is 0.0708 e. The van der Waals surface area contributed by atoms with Gasteiger partial charge < -0.3 is 5.32 Å². The maximum absolute atomic E-state index is 6.18. The van der Waals surface area contributed by atoms with Crippen LogP contribution in [0.2, 0.25) is 5.02 Å². The second-order valence-electron chi connectivity index (χ2n) is 4.71. The summed E-state index contributed by atoms with van der Waals surface area (Å²) in [6, 6.07) is 16.3. The van der Waals surface area contributed by atoms with E-state index >= 15 is 0 Å². The molecule has 0 unspecified atom stereocenters. The van der Waals surface area contributed by atoms with Crippen LogP contribution in [-0.4, -0.2) is 12.0 Å². The molecule has 1 N–H and O–H groups in total. The molecule has 20 heavy (non-hydrogen) atoms. The lowest BCUT2D eigenvalue weighted by molar-refractivity contribution is 0.819. The highest BCUT2D eigenvalue weighted by atomic mass is 35.5. The van der Waals surface area contributed by atoms with E-state index in [1.807, 2.05) is 43.6 Å². The summed E-state index contributed by atoms with van der Waals surface area (Å²) in [6.07, 6.45) is 1.82. The molecule has 3 rings (SSSR count). The number of nitrogens with one attached hydrogen (secondary N) is 1. The van der Waals surface area contributed by atoms with Crippen LogP contribution >= 0.6 is 11.6 Å².